The molecule has 0 bridgehead atoms. The number of carbonyl (C=O) groups excluding carboxylic acids is 1. The van der Waals surface area contributed by atoms with Crippen LogP contribution in [0.3, 0.4) is 0 Å². The Morgan fingerprint density at radius 2 is 1.06 bits per heavy atom. The number of nitrogens with zero attached hydrogens (tertiary/aromatic N) is 2. The van der Waals surface area contributed by atoms with E-state index in [-0.39, 0.29) is 5.78 Å². The smallest absolute Gasteiger partial charge is 0.334 e. The third kappa shape index (κ3) is 6.70. The number of Topliss-reactive ketones (excluding diaryl/α,β-unsaturated/α-hetero) is 1. The third-order valence-corrected chi connectivity index (χ3v) is 3.76. The van der Waals surface area contributed by atoms with E-state index in [1.54, 1.807) is 0 Å². The lowest BCUT2D eigenvalue weighted by Crippen LogP contribution is -2.15. The number of rotatable bonds is 0. The van der Waals surface area contributed by atoms with Crippen LogP contribution in [0.1, 0.15) is 83.5 Å². The van der Waals surface area contributed by atoms with Crippen molar-refractivity contribution in [3.63, 3.8) is 0 Å². The molecular weight excluding hydrogens is 224 g/mol. The monoisotopic (exact) mass is 250 g/mol. The Bertz CT molecular complexity index is 293. The van der Waals surface area contributed by atoms with Crippen LogP contribution < -0.4 is 0 Å². The van der Waals surface area contributed by atoms with E-state index in [1.165, 1.54) is 44.9 Å². The van der Waals surface area contributed by atoms with Gasteiger partial charge in [0.15, 0.2) is 0 Å². The summed E-state index contributed by atoms with van der Waals surface area (Å²) in [6.45, 7) is 0. The van der Waals surface area contributed by atoms with E-state index < -0.39 is 0 Å². The Morgan fingerprint density at radius 1 is 0.667 bits per heavy atom. The quantitative estimate of drug-likeness (QED) is 0.467. The molecule has 1 aliphatic carbocycles. The molecule has 18 heavy (non-hydrogen) atoms. The number of hydrogen-bond acceptors (Lipinski definition) is 1. The van der Waals surface area contributed by atoms with Gasteiger partial charge >= 0.3 is 5.71 Å². The van der Waals surface area contributed by atoms with Crippen molar-refractivity contribution in [3.8, 4) is 0 Å². The van der Waals surface area contributed by atoms with E-state index >= 15 is 0 Å². The summed E-state index contributed by atoms with van der Waals surface area (Å²) in [5.74, 6) is 0.0485. The maximum absolute atomic E-state index is 11.8. The van der Waals surface area contributed by atoms with Gasteiger partial charge in [-0.3, -0.25) is 4.79 Å². The molecule has 3 nitrogen and oxygen atoms in total. The summed E-state index contributed by atoms with van der Waals surface area (Å²) in [4.78, 5) is 15.0. The van der Waals surface area contributed by atoms with Crippen molar-refractivity contribution in [2.75, 3.05) is 0 Å². The highest BCUT2D eigenvalue weighted by Crippen LogP contribution is 2.14. The summed E-state index contributed by atoms with van der Waals surface area (Å²) < 4.78 is 0. The van der Waals surface area contributed by atoms with Gasteiger partial charge in [0.2, 0.25) is 5.78 Å². The summed E-state index contributed by atoms with van der Waals surface area (Å²) in [6, 6.07) is 0. The van der Waals surface area contributed by atoms with Gasteiger partial charge < -0.3 is 5.53 Å². The molecule has 1 aliphatic rings. The second-order valence-corrected chi connectivity index (χ2v) is 5.36. The van der Waals surface area contributed by atoms with Gasteiger partial charge in [0.25, 0.3) is 0 Å². The molecule has 102 valence electrons. The minimum atomic E-state index is 0.0485. The normalized spacial score (nSPS) is 21.8. The summed E-state index contributed by atoms with van der Waals surface area (Å²) in [5.41, 5.74) is 9.27. The van der Waals surface area contributed by atoms with Gasteiger partial charge in [0.05, 0.1) is 6.42 Å². The average molecular weight is 250 g/mol. The van der Waals surface area contributed by atoms with E-state index in [2.05, 4.69) is 4.79 Å². The first-order valence-electron chi connectivity index (χ1n) is 7.58. The summed E-state index contributed by atoms with van der Waals surface area (Å²) in [6.07, 6.45) is 14.5. The van der Waals surface area contributed by atoms with Crippen LogP contribution in [-0.4, -0.2) is 16.3 Å². The second-order valence-electron chi connectivity index (χ2n) is 5.36. The van der Waals surface area contributed by atoms with Crippen LogP contribution in [0.5, 0.6) is 0 Å². The van der Waals surface area contributed by atoms with E-state index in [0.717, 1.165) is 25.7 Å². The van der Waals surface area contributed by atoms with Crippen molar-refractivity contribution in [1.29, 1.82) is 0 Å². The van der Waals surface area contributed by atoms with Crippen molar-refractivity contribution in [3.05, 3.63) is 5.53 Å². The number of carbonyl (C=O) groups is 1. The van der Waals surface area contributed by atoms with Crippen molar-refractivity contribution >= 4 is 11.5 Å². The van der Waals surface area contributed by atoms with Gasteiger partial charge in [-0.2, -0.15) is 4.79 Å². The van der Waals surface area contributed by atoms with Crippen LogP contribution in [0.15, 0.2) is 0 Å². The zero-order valence-electron chi connectivity index (χ0n) is 11.5. The molecule has 0 aromatic rings. The molecule has 0 spiro atoms. The summed E-state index contributed by atoms with van der Waals surface area (Å²) >= 11 is 0. The Kier molecular flexibility index (Phi) is 8.41. The van der Waals surface area contributed by atoms with E-state index in [4.69, 9.17) is 5.53 Å². The lowest BCUT2D eigenvalue weighted by atomic mass is 10.0. The van der Waals surface area contributed by atoms with Gasteiger partial charge in [-0.1, -0.05) is 57.8 Å². The Hall–Kier alpha value is -0.950. The van der Waals surface area contributed by atoms with Crippen molar-refractivity contribution in [1.82, 2.24) is 0 Å². The van der Waals surface area contributed by atoms with Crippen LogP contribution in [0.4, 0.5) is 0 Å². The average Bonchev–Trinajstić information content (AvgIpc) is 2.39. The molecule has 1 saturated carbocycles. The Morgan fingerprint density at radius 3 is 1.50 bits per heavy atom. The minimum absolute atomic E-state index is 0.0485. The van der Waals surface area contributed by atoms with Crippen LogP contribution in [0.25, 0.3) is 5.53 Å². The molecule has 0 amide bonds. The second kappa shape index (κ2) is 10.0. The highest BCUT2D eigenvalue weighted by atomic mass is 16.1. The van der Waals surface area contributed by atoms with Crippen LogP contribution >= 0.6 is 0 Å². The molecule has 0 aliphatic heterocycles. The van der Waals surface area contributed by atoms with Crippen molar-refractivity contribution in [2.24, 2.45) is 0 Å². The number of ketones is 1. The summed E-state index contributed by atoms with van der Waals surface area (Å²) in [5, 5.41) is 0. The fraction of sp³-hybridized carbons (Fsp3) is 0.867. The van der Waals surface area contributed by atoms with Crippen LogP contribution in [-0.2, 0) is 4.79 Å². The topological polar surface area (TPSA) is 53.5 Å². The standard InChI is InChI=1S/C15H26N2O/c16-17-14-12-10-8-6-4-2-1-3-5-7-9-11-13-15(14)18/h1-13H2. The molecule has 0 saturated heterocycles. The van der Waals surface area contributed by atoms with Crippen LogP contribution in [0.2, 0.25) is 0 Å². The third-order valence-electron chi connectivity index (χ3n) is 3.76. The largest absolute Gasteiger partial charge is 0.361 e. The predicted molar refractivity (Wildman–Crippen MR) is 73.7 cm³/mol. The summed E-state index contributed by atoms with van der Waals surface area (Å²) in [7, 11) is 0. The molecular formula is C15H26N2O. The molecule has 0 atom stereocenters. The molecule has 0 unspecified atom stereocenters. The number of hydrogen-bond donors (Lipinski definition) is 0. The van der Waals surface area contributed by atoms with Gasteiger partial charge in [-0.15, -0.1) is 0 Å². The van der Waals surface area contributed by atoms with Gasteiger partial charge in [-0.25, -0.2) is 0 Å². The van der Waals surface area contributed by atoms with E-state index in [1.807, 2.05) is 0 Å². The zero-order valence-corrected chi connectivity index (χ0v) is 11.5. The first-order valence-corrected chi connectivity index (χ1v) is 7.58. The fourth-order valence-electron chi connectivity index (χ4n) is 2.56. The zero-order chi connectivity index (χ0) is 13.1. The first kappa shape index (κ1) is 15.1. The molecule has 0 heterocycles. The highest BCUT2D eigenvalue weighted by molar-refractivity contribution is 6.37. The SMILES string of the molecule is [N-]=[N+]=C1CCCCCCCCCCCCCC1=O. The van der Waals surface area contributed by atoms with Gasteiger partial charge in [0, 0.05) is 6.42 Å². The van der Waals surface area contributed by atoms with Crippen molar-refractivity contribution < 1.29 is 9.58 Å². The molecule has 0 radical (unpaired) electrons. The molecule has 0 N–H and O–H groups in total. The maximum atomic E-state index is 11.8. The van der Waals surface area contributed by atoms with E-state index in [9.17, 15) is 4.79 Å². The maximum Gasteiger partial charge on any atom is 0.334 e. The molecule has 1 fully saturated rings. The predicted octanol–water partition coefficient (Wildman–Crippen LogP) is 4.31. The fourth-order valence-corrected chi connectivity index (χ4v) is 2.56. The molecule has 3 heteroatoms. The van der Waals surface area contributed by atoms with Gasteiger partial charge in [-0.05, 0) is 12.8 Å². The Balaban J connectivity index is 2.38. The Labute approximate surface area is 111 Å². The lowest BCUT2D eigenvalue weighted by molar-refractivity contribution is -0.117. The molecule has 1 rings (SSSR count). The van der Waals surface area contributed by atoms with E-state index in [0.29, 0.717) is 18.6 Å². The lowest BCUT2D eigenvalue weighted by Gasteiger charge is -2.01. The van der Waals surface area contributed by atoms with Crippen LogP contribution in [0, 0.1) is 0 Å². The first-order chi connectivity index (χ1) is 8.84. The van der Waals surface area contributed by atoms with Gasteiger partial charge in [0.1, 0.15) is 0 Å². The highest BCUT2D eigenvalue weighted by Gasteiger charge is 2.18. The molecule has 0 aromatic heterocycles. The minimum Gasteiger partial charge on any atom is -0.361 e. The molecule has 0 aromatic carbocycles. The van der Waals surface area contributed by atoms with Crippen molar-refractivity contribution in [2.45, 2.75) is 83.5 Å².